The van der Waals surface area contributed by atoms with Gasteiger partial charge in [0.25, 0.3) is 0 Å². The van der Waals surface area contributed by atoms with Crippen LogP contribution < -0.4 is 0 Å². The Morgan fingerprint density at radius 1 is 0.826 bits per heavy atom. The summed E-state index contributed by atoms with van der Waals surface area (Å²) in [5.41, 5.74) is 8.60. The first-order valence-electron chi connectivity index (χ1n) is 8.00. The highest BCUT2D eigenvalue weighted by molar-refractivity contribution is 6.21. The highest BCUT2D eigenvalue weighted by atomic mass is 14.6. The maximum atomic E-state index is 4.31. The lowest BCUT2D eigenvalue weighted by Crippen LogP contribution is -1.96. The minimum atomic E-state index is 1.16. The molecule has 0 saturated carbocycles. The topological polar surface area (TPSA) is 12.4 Å². The van der Waals surface area contributed by atoms with Crippen LogP contribution in [0.15, 0.2) is 65.2 Å². The Kier molecular flexibility index (Phi) is 5.70. The van der Waals surface area contributed by atoms with Crippen LogP contribution in [0.4, 0.5) is 0 Å². The van der Waals surface area contributed by atoms with Gasteiger partial charge in [0.1, 0.15) is 0 Å². The van der Waals surface area contributed by atoms with E-state index in [4.69, 9.17) is 0 Å². The van der Waals surface area contributed by atoms with Gasteiger partial charge in [0.2, 0.25) is 0 Å². The molecule has 0 unspecified atom stereocenters. The molecule has 0 radical (unpaired) electrons. The molecule has 0 bridgehead atoms. The van der Waals surface area contributed by atoms with Crippen molar-refractivity contribution < 1.29 is 0 Å². The molecule has 0 aliphatic rings. The van der Waals surface area contributed by atoms with Crippen molar-refractivity contribution in [3.8, 4) is 0 Å². The molecule has 0 aromatic heterocycles. The lowest BCUT2D eigenvalue weighted by molar-refractivity contribution is 1.41. The van der Waals surface area contributed by atoms with E-state index < -0.39 is 0 Å². The number of aryl methyl sites for hydroxylation is 2. The Hall–Kier alpha value is -2.41. The van der Waals surface area contributed by atoms with Gasteiger partial charge < -0.3 is 0 Å². The van der Waals surface area contributed by atoms with Gasteiger partial charge in [0.15, 0.2) is 0 Å². The third-order valence-corrected chi connectivity index (χ3v) is 4.06. The van der Waals surface area contributed by atoms with E-state index in [1.54, 1.807) is 0 Å². The minimum absolute atomic E-state index is 1.16. The summed E-state index contributed by atoms with van der Waals surface area (Å²) in [6.07, 6.45) is 4.12. The molecule has 2 aromatic carbocycles. The summed E-state index contributed by atoms with van der Waals surface area (Å²) in [6, 6.07) is 17.3. The van der Waals surface area contributed by atoms with Crippen LogP contribution in [0.2, 0.25) is 0 Å². The summed E-state index contributed by atoms with van der Waals surface area (Å²) in [5.74, 6) is 0. The number of hydrogen-bond acceptors (Lipinski definition) is 1. The van der Waals surface area contributed by atoms with Crippen LogP contribution in [0.1, 0.15) is 36.1 Å². The summed E-state index contributed by atoms with van der Waals surface area (Å²) >= 11 is 0. The van der Waals surface area contributed by atoms with Gasteiger partial charge in [-0.1, -0.05) is 65.7 Å². The lowest BCUT2D eigenvalue weighted by atomic mass is 9.89. The van der Waals surface area contributed by atoms with Gasteiger partial charge in [-0.15, -0.1) is 0 Å². The molecule has 2 aromatic rings. The van der Waals surface area contributed by atoms with Crippen molar-refractivity contribution in [3.05, 3.63) is 82.4 Å². The molecule has 118 valence electrons. The number of allylic oxidation sites excluding steroid dienone is 4. The first kappa shape index (κ1) is 17.0. The van der Waals surface area contributed by atoms with Crippen LogP contribution >= 0.6 is 0 Å². The Morgan fingerprint density at radius 3 is 1.74 bits per heavy atom. The van der Waals surface area contributed by atoms with Crippen molar-refractivity contribution in [2.45, 2.75) is 27.7 Å². The van der Waals surface area contributed by atoms with Crippen molar-refractivity contribution in [2.24, 2.45) is 4.99 Å². The highest BCUT2D eigenvalue weighted by Crippen LogP contribution is 2.31. The molecule has 1 heteroatoms. The second-order valence-electron chi connectivity index (χ2n) is 5.88. The molecule has 0 atom stereocenters. The fourth-order valence-corrected chi connectivity index (χ4v) is 2.61. The predicted octanol–water partition coefficient (Wildman–Crippen LogP) is 5.88. The molecule has 23 heavy (non-hydrogen) atoms. The molecule has 1 nitrogen and oxygen atoms in total. The van der Waals surface area contributed by atoms with E-state index in [9.17, 15) is 0 Å². The second-order valence-corrected chi connectivity index (χ2v) is 5.88. The minimum Gasteiger partial charge on any atom is -0.296 e. The molecular weight excluding hydrogens is 278 g/mol. The Labute approximate surface area is 140 Å². The maximum Gasteiger partial charge on any atom is 0.0293 e. The van der Waals surface area contributed by atoms with Crippen LogP contribution in [0.5, 0.6) is 0 Å². The largest absolute Gasteiger partial charge is 0.296 e. The SMILES string of the molecule is C/C=C(C)/C(=C(\C=NC)c1ccc(C)cc1)c1ccc(C)cc1. The summed E-state index contributed by atoms with van der Waals surface area (Å²) in [6.45, 7) is 8.47. The lowest BCUT2D eigenvalue weighted by Gasteiger charge is -2.15. The first-order valence-corrected chi connectivity index (χ1v) is 8.00. The van der Waals surface area contributed by atoms with E-state index >= 15 is 0 Å². The normalized spacial score (nSPS) is 13.3. The maximum absolute atomic E-state index is 4.31. The third-order valence-electron chi connectivity index (χ3n) is 4.06. The summed E-state index contributed by atoms with van der Waals surface area (Å²) in [4.78, 5) is 4.31. The van der Waals surface area contributed by atoms with Crippen molar-refractivity contribution in [3.63, 3.8) is 0 Å². The van der Waals surface area contributed by atoms with Gasteiger partial charge >= 0.3 is 0 Å². The number of rotatable bonds is 4. The van der Waals surface area contributed by atoms with Gasteiger partial charge in [-0.2, -0.15) is 0 Å². The molecule has 0 aliphatic heterocycles. The van der Waals surface area contributed by atoms with Crippen LogP contribution in [0.3, 0.4) is 0 Å². The summed E-state index contributed by atoms with van der Waals surface area (Å²) < 4.78 is 0. The van der Waals surface area contributed by atoms with Crippen LogP contribution in [-0.2, 0) is 0 Å². The number of hydrogen-bond donors (Lipinski definition) is 0. The van der Waals surface area contributed by atoms with Crippen molar-refractivity contribution in [2.75, 3.05) is 7.05 Å². The summed E-state index contributed by atoms with van der Waals surface area (Å²) in [5, 5.41) is 0. The van der Waals surface area contributed by atoms with Crippen LogP contribution in [0, 0.1) is 13.8 Å². The molecule has 0 spiro atoms. The van der Waals surface area contributed by atoms with Gasteiger partial charge in [-0.05, 0) is 50.0 Å². The summed E-state index contributed by atoms with van der Waals surface area (Å²) in [7, 11) is 1.83. The average molecular weight is 303 g/mol. The van der Waals surface area contributed by atoms with E-state index in [2.05, 4.69) is 87.3 Å². The molecule has 0 N–H and O–H groups in total. The third kappa shape index (κ3) is 4.07. The number of aliphatic imine (C=N–C) groups is 1. The fraction of sp³-hybridized carbons (Fsp3) is 0.227. The van der Waals surface area contributed by atoms with E-state index in [1.165, 1.54) is 33.4 Å². The smallest absolute Gasteiger partial charge is 0.0293 e. The van der Waals surface area contributed by atoms with Gasteiger partial charge in [-0.3, -0.25) is 4.99 Å². The quantitative estimate of drug-likeness (QED) is 0.380. The molecule has 2 rings (SSSR count). The molecule has 0 aliphatic carbocycles. The predicted molar refractivity (Wildman–Crippen MR) is 103 cm³/mol. The van der Waals surface area contributed by atoms with E-state index in [1.807, 2.05) is 13.3 Å². The molecular formula is C22H25N. The van der Waals surface area contributed by atoms with Crippen LogP contribution in [-0.4, -0.2) is 13.3 Å². The van der Waals surface area contributed by atoms with E-state index in [-0.39, 0.29) is 0 Å². The zero-order valence-electron chi connectivity index (χ0n) is 14.7. The first-order chi connectivity index (χ1) is 11.1. The van der Waals surface area contributed by atoms with E-state index in [0.29, 0.717) is 0 Å². The molecule has 0 fully saturated rings. The molecule has 0 saturated heterocycles. The Morgan fingerprint density at radius 2 is 1.30 bits per heavy atom. The zero-order chi connectivity index (χ0) is 16.8. The van der Waals surface area contributed by atoms with Gasteiger partial charge in [0.05, 0.1) is 0 Å². The van der Waals surface area contributed by atoms with Crippen molar-refractivity contribution in [1.29, 1.82) is 0 Å². The zero-order valence-corrected chi connectivity index (χ0v) is 14.7. The molecule has 0 heterocycles. The highest BCUT2D eigenvalue weighted by Gasteiger charge is 2.12. The number of benzene rings is 2. The number of nitrogens with zero attached hydrogens (tertiary/aromatic N) is 1. The van der Waals surface area contributed by atoms with Crippen molar-refractivity contribution >= 4 is 17.4 Å². The van der Waals surface area contributed by atoms with E-state index in [0.717, 1.165) is 5.57 Å². The monoisotopic (exact) mass is 303 g/mol. The Bertz CT molecular complexity index is 742. The van der Waals surface area contributed by atoms with Crippen LogP contribution in [0.25, 0.3) is 11.1 Å². The standard InChI is InChI=1S/C22H25N/c1-6-18(4)22(20-13-9-17(3)10-14-20)21(15-23-5)19-11-7-16(2)8-12-19/h6-15H,1-5H3/b18-6+,22-21-,23-15?. The van der Waals surface area contributed by atoms with Crippen molar-refractivity contribution in [1.82, 2.24) is 0 Å². The van der Waals surface area contributed by atoms with Gasteiger partial charge in [-0.25, -0.2) is 0 Å². The second kappa shape index (κ2) is 7.73. The fourth-order valence-electron chi connectivity index (χ4n) is 2.61. The average Bonchev–Trinajstić information content (AvgIpc) is 2.56. The molecule has 0 amide bonds. The Balaban J connectivity index is 2.74. The van der Waals surface area contributed by atoms with Gasteiger partial charge in [0, 0.05) is 18.8 Å².